The van der Waals surface area contributed by atoms with Gasteiger partial charge in [0.15, 0.2) is 0 Å². The number of rotatable bonds is 6. The van der Waals surface area contributed by atoms with Gasteiger partial charge in [0, 0.05) is 25.6 Å². The fourth-order valence-electron chi connectivity index (χ4n) is 2.28. The number of hydrogen-bond donors (Lipinski definition) is 1. The molecular formula is C12H24N2O. The number of carbonyl (C=O) groups is 1. The molecule has 1 rings (SSSR count). The largest absolute Gasteiger partial charge is 0.338 e. The van der Waals surface area contributed by atoms with Crippen molar-refractivity contribution in [3.8, 4) is 0 Å². The number of nitrogens with one attached hydrogen (secondary N) is 1. The summed E-state index contributed by atoms with van der Waals surface area (Å²) >= 11 is 0. The second kappa shape index (κ2) is 6.83. The van der Waals surface area contributed by atoms with E-state index in [9.17, 15) is 4.79 Å². The molecule has 0 aliphatic carbocycles. The lowest BCUT2D eigenvalue weighted by Crippen LogP contribution is -2.40. The molecule has 3 nitrogen and oxygen atoms in total. The second-order valence-corrected chi connectivity index (χ2v) is 4.40. The molecule has 0 radical (unpaired) electrons. The molecule has 0 spiro atoms. The van der Waals surface area contributed by atoms with E-state index in [1.807, 2.05) is 7.05 Å². The van der Waals surface area contributed by atoms with Crippen LogP contribution in [0.2, 0.25) is 0 Å². The number of carbonyl (C=O) groups excluding carboxylic acids is 1. The van der Waals surface area contributed by atoms with Crippen LogP contribution in [0.4, 0.5) is 0 Å². The average Bonchev–Trinajstić information content (AvgIpc) is 2.67. The Hall–Kier alpha value is -0.570. The Balaban J connectivity index is 2.30. The minimum absolute atomic E-state index is 0.362. The summed E-state index contributed by atoms with van der Waals surface area (Å²) < 4.78 is 0. The normalized spacial score (nSPS) is 20.9. The molecule has 15 heavy (non-hydrogen) atoms. The van der Waals surface area contributed by atoms with Gasteiger partial charge in [-0.2, -0.15) is 0 Å². The van der Waals surface area contributed by atoms with E-state index in [2.05, 4.69) is 17.1 Å². The third-order valence-electron chi connectivity index (χ3n) is 3.13. The lowest BCUT2D eigenvalue weighted by atomic mass is 10.1. The Morgan fingerprint density at radius 1 is 1.47 bits per heavy atom. The number of likely N-dealkylation sites (tertiary alicyclic amines) is 1. The highest BCUT2D eigenvalue weighted by Crippen LogP contribution is 2.18. The number of hydrogen-bond acceptors (Lipinski definition) is 2. The Labute approximate surface area is 93.2 Å². The Morgan fingerprint density at radius 3 is 2.93 bits per heavy atom. The molecule has 0 aromatic rings. The van der Waals surface area contributed by atoms with E-state index in [-0.39, 0.29) is 0 Å². The molecular weight excluding hydrogens is 188 g/mol. The van der Waals surface area contributed by atoms with Crippen LogP contribution in [0.25, 0.3) is 0 Å². The molecule has 1 aliphatic heterocycles. The summed E-state index contributed by atoms with van der Waals surface area (Å²) in [6.45, 7) is 4.08. The van der Waals surface area contributed by atoms with Crippen LogP contribution in [0.1, 0.15) is 45.4 Å². The maximum Gasteiger partial charge on any atom is 0.222 e. The maximum absolute atomic E-state index is 11.9. The number of amides is 1. The Morgan fingerprint density at radius 2 is 2.27 bits per heavy atom. The van der Waals surface area contributed by atoms with Crippen molar-refractivity contribution in [2.45, 2.75) is 51.5 Å². The van der Waals surface area contributed by atoms with Crippen molar-refractivity contribution in [3.63, 3.8) is 0 Å². The molecule has 1 saturated heterocycles. The zero-order valence-corrected chi connectivity index (χ0v) is 10.1. The zero-order valence-electron chi connectivity index (χ0n) is 10.1. The van der Waals surface area contributed by atoms with Gasteiger partial charge in [-0.25, -0.2) is 0 Å². The summed E-state index contributed by atoms with van der Waals surface area (Å²) in [7, 11) is 1.96. The molecule has 1 unspecified atom stereocenters. The molecule has 1 fully saturated rings. The van der Waals surface area contributed by atoms with Crippen molar-refractivity contribution in [3.05, 3.63) is 0 Å². The smallest absolute Gasteiger partial charge is 0.222 e. The molecule has 88 valence electrons. The van der Waals surface area contributed by atoms with Crippen molar-refractivity contribution in [1.82, 2.24) is 10.2 Å². The molecule has 1 heterocycles. The van der Waals surface area contributed by atoms with Crippen LogP contribution < -0.4 is 5.32 Å². The highest BCUT2D eigenvalue weighted by Gasteiger charge is 2.27. The van der Waals surface area contributed by atoms with Gasteiger partial charge in [0.25, 0.3) is 0 Å². The summed E-state index contributed by atoms with van der Waals surface area (Å²) in [5, 5.41) is 3.17. The van der Waals surface area contributed by atoms with Crippen LogP contribution >= 0.6 is 0 Å². The Kier molecular flexibility index (Phi) is 5.69. The average molecular weight is 212 g/mol. The van der Waals surface area contributed by atoms with Crippen LogP contribution in [-0.4, -0.2) is 37.0 Å². The van der Waals surface area contributed by atoms with Crippen molar-refractivity contribution in [1.29, 1.82) is 0 Å². The molecule has 0 saturated carbocycles. The topological polar surface area (TPSA) is 32.3 Å². The van der Waals surface area contributed by atoms with Crippen molar-refractivity contribution in [2.24, 2.45) is 0 Å². The highest BCUT2D eigenvalue weighted by atomic mass is 16.2. The zero-order chi connectivity index (χ0) is 11.1. The predicted molar refractivity (Wildman–Crippen MR) is 62.8 cm³/mol. The summed E-state index contributed by atoms with van der Waals surface area (Å²) in [5.74, 6) is 0.362. The minimum Gasteiger partial charge on any atom is -0.338 e. The van der Waals surface area contributed by atoms with E-state index in [0.29, 0.717) is 11.9 Å². The quantitative estimate of drug-likeness (QED) is 0.681. The van der Waals surface area contributed by atoms with Crippen LogP contribution in [0.5, 0.6) is 0 Å². The van der Waals surface area contributed by atoms with Gasteiger partial charge in [-0.05, 0) is 26.3 Å². The fourth-order valence-corrected chi connectivity index (χ4v) is 2.28. The highest BCUT2D eigenvalue weighted by molar-refractivity contribution is 5.76. The second-order valence-electron chi connectivity index (χ2n) is 4.40. The van der Waals surface area contributed by atoms with E-state index in [1.165, 1.54) is 25.7 Å². The molecule has 1 N–H and O–H groups in total. The predicted octanol–water partition coefficient (Wildman–Crippen LogP) is 1.78. The number of nitrogens with zero attached hydrogens (tertiary/aromatic N) is 1. The lowest BCUT2D eigenvalue weighted by Gasteiger charge is -2.24. The number of unbranched alkanes of at least 4 members (excludes halogenated alkanes) is 2. The van der Waals surface area contributed by atoms with Crippen molar-refractivity contribution in [2.75, 3.05) is 20.1 Å². The van der Waals surface area contributed by atoms with Gasteiger partial charge in [-0.15, -0.1) is 0 Å². The van der Waals surface area contributed by atoms with Crippen LogP contribution in [0, 0.1) is 0 Å². The van der Waals surface area contributed by atoms with Gasteiger partial charge in [0.2, 0.25) is 5.91 Å². The number of likely N-dealkylation sites (N-methyl/N-ethyl adjacent to an activating group) is 1. The minimum atomic E-state index is 0.362. The van der Waals surface area contributed by atoms with Gasteiger partial charge >= 0.3 is 0 Å². The van der Waals surface area contributed by atoms with E-state index in [0.717, 1.165) is 25.9 Å². The summed E-state index contributed by atoms with van der Waals surface area (Å²) in [4.78, 5) is 14.0. The fraction of sp³-hybridized carbons (Fsp3) is 0.917. The third kappa shape index (κ3) is 3.82. The maximum atomic E-state index is 11.9. The lowest BCUT2D eigenvalue weighted by molar-refractivity contribution is -0.132. The first-order valence-corrected chi connectivity index (χ1v) is 6.23. The standard InChI is InChI=1S/C12H24N2O/c1-3-4-5-8-12(15)14-9-6-7-11(14)10-13-2/h11,13H,3-10H2,1-2H3. The van der Waals surface area contributed by atoms with E-state index in [4.69, 9.17) is 0 Å². The summed E-state index contributed by atoms with van der Waals surface area (Å²) in [6, 6.07) is 0.448. The summed E-state index contributed by atoms with van der Waals surface area (Å²) in [6.07, 6.45) is 6.50. The van der Waals surface area contributed by atoms with Gasteiger partial charge < -0.3 is 10.2 Å². The molecule has 3 heteroatoms. The van der Waals surface area contributed by atoms with Crippen LogP contribution in [-0.2, 0) is 4.79 Å². The monoisotopic (exact) mass is 212 g/mol. The molecule has 0 aromatic heterocycles. The first-order chi connectivity index (χ1) is 7.29. The molecule has 0 aromatic carbocycles. The van der Waals surface area contributed by atoms with Gasteiger partial charge in [-0.3, -0.25) is 4.79 Å². The summed E-state index contributed by atoms with van der Waals surface area (Å²) in [5.41, 5.74) is 0. The van der Waals surface area contributed by atoms with Gasteiger partial charge in [0.05, 0.1) is 0 Å². The van der Waals surface area contributed by atoms with E-state index in [1.54, 1.807) is 0 Å². The first-order valence-electron chi connectivity index (χ1n) is 6.23. The molecule has 1 aliphatic rings. The van der Waals surface area contributed by atoms with E-state index < -0.39 is 0 Å². The first kappa shape index (κ1) is 12.5. The van der Waals surface area contributed by atoms with Crippen LogP contribution in [0.3, 0.4) is 0 Å². The SMILES string of the molecule is CCCCCC(=O)N1CCCC1CNC. The van der Waals surface area contributed by atoms with Gasteiger partial charge in [-0.1, -0.05) is 19.8 Å². The van der Waals surface area contributed by atoms with Gasteiger partial charge in [0.1, 0.15) is 0 Å². The van der Waals surface area contributed by atoms with E-state index >= 15 is 0 Å². The molecule has 1 amide bonds. The van der Waals surface area contributed by atoms with Crippen molar-refractivity contribution < 1.29 is 4.79 Å². The molecule has 0 bridgehead atoms. The third-order valence-corrected chi connectivity index (χ3v) is 3.13. The van der Waals surface area contributed by atoms with Crippen molar-refractivity contribution >= 4 is 5.91 Å². The van der Waals surface area contributed by atoms with Crippen LogP contribution in [0.15, 0.2) is 0 Å². The molecule has 1 atom stereocenters. The Bertz CT molecular complexity index is 194.